The number of carboxylic acid groups (broad SMARTS) is 1. The van der Waals surface area contributed by atoms with Crippen LogP contribution in [0.25, 0.3) is 11.1 Å². The Bertz CT molecular complexity index is 961. The van der Waals surface area contributed by atoms with E-state index in [2.05, 4.69) is 15.0 Å². The first-order valence-corrected chi connectivity index (χ1v) is 8.46. The van der Waals surface area contributed by atoms with Gasteiger partial charge < -0.3 is 14.6 Å². The lowest BCUT2D eigenvalue weighted by molar-refractivity contribution is 0.0693. The highest BCUT2D eigenvalue weighted by Crippen LogP contribution is 2.34. The third kappa shape index (κ3) is 4.14. The first-order chi connectivity index (χ1) is 13.0. The van der Waals surface area contributed by atoms with Crippen molar-refractivity contribution in [2.24, 2.45) is 0 Å². The molecule has 0 aliphatic rings. The van der Waals surface area contributed by atoms with E-state index < -0.39 is 11.8 Å². The fourth-order valence-corrected chi connectivity index (χ4v) is 3.18. The van der Waals surface area contributed by atoms with Crippen molar-refractivity contribution in [3.05, 3.63) is 54.0 Å². The molecule has 0 bridgehead atoms. The number of ether oxygens (including phenoxy) is 2. The maximum atomic E-state index is 13.2. The third-order valence-corrected chi connectivity index (χ3v) is 4.42. The van der Waals surface area contributed by atoms with Gasteiger partial charge >= 0.3 is 5.97 Å². The minimum absolute atomic E-state index is 0.0282. The summed E-state index contributed by atoms with van der Waals surface area (Å²) in [5.41, 5.74) is 0.941. The third-order valence-electron chi connectivity index (χ3n) is 3.55. The largest absolute Gasteiger partial charge is 0.481 e. The second kappa shape index (κ2) is 8.00. The quantitative estimate of drug-likeness (QED) is 0.642. The summed E-state index contributed by atoms with van der Waals surface area (Å²) in [6.07, 6.45) is 1.48. The smallest absolute Gasteiger partial charge is 0.339 e. The molecule has 1 N–H and O–H groups in total. The van der Waals surface area contributed by atoms with Crippen LogP contribution in [0.5, 0.6) is 11.8 Å². The standard InChI is InChI=1S/C18H14FN3O4S/c1-25-13-9-14(26-2)22-18(21-13)27-16-15(17(23)24)12(7-8-20-16)10-3-5-11(19)6-4-10/h3-9H,1-2H3,(H,23,24). The van der Waals surface area contributed by atoms with Gasteiger partial charge in [-0.2, -0.15) is 9.97 Å². The van der Waals surface area contributed by atoms with Gasteiger partial charge in [-0.25, -0.2) is 14.2 Å². The van der Waals surface area contributed by atoms with E-state index in [4.69, 9.17) is 9.47 Å². The zero-order chi connectivity index (χ0) is 19.4. The highest BCUT2D eigenvalue weighted by molar-refractivity contribution is 7.99. The Morgan fingerprint density at radius 3 is 2.26 bits per heavy atom. The van der Waals surface area contributed by atoms with Crippen LogP contribution in [0.1, 0.15) is 10.4 Å². The van der Waals surface area contributed by atoms with Crippen LogP contribution in [0, 0.1) is 5.82 Å². The van der Waals surface area contributed by atoms with Crippen LogP contribution >= 0.6 is 11.8 Å². The molecule has 138 valence electrons. The van der Waals surface area contributed by atoms with Gasteiger partial charge in [-0.05, 0) is 35.5 Å². The summed E-state index contributed by atoms with van der Waals surface area (Å²) in [6.45, 7) is 0. The number of hydrogen-bond donors (Lipinski definition) is 1. The van der Waals surface area contributed by atoms with Crippen molar-refractivity contribution < 1.29 is 23.8 Å². The van der Waals surface area contributed by atoms with Gasteiger partial charge in [0.1, 0.15) is 10.8 Å². The molecule has 0 radical (unpaired) electrons. The predicted octanol–water partition coefficient (Wildman–Crippen LogP) is 3.54. The molecule has 0 saturated heterocycles. The molecule has 0 aliphatic heterocycles. The predicted molar refractivity (Wildman–Crippen MR) is 95.8 cm³/mol. The molecule has 9 heteroatoms. The number of carboxylic acids is 1. The number of aromatic carboxylic acids is 1. The van der Waals surface area contributed by atoms with Crippen LogP contribution in [0.3, 0.4) is 0 Å². The fourth-order valence-electron chi connectivity index (χ4n) is 2.32. The SMILES string of the molecule is COc1cc(OC)nc(Sc2nccc(-c3ccc(F)cc3)c2C(=O)O)n1. The monoisotopic (exact) mass is 387 g/mol. The van der Waals surface area contributed by atoms with Crippen LogP contribution in [-0.4, -0.2) is 40.2 Å². The molecule has 3 aromatic rings. The summed E-state index contributed by atoms with van der Waals surface area (Å²) >= 11 is 0.965. The van der Waals surface area contributed by atoms with Gasteiger partial charge in [-0.15, -0.1) is 0 Å². The Kier molecular flexibility index (Phi) is 5.51. The molecule has 0 saturated carbocycles. The summed E-state index contributed by atoms with van der Waals surface area (Å²) in [4.78, 5) is 24.4. The maximum absolute atomic E-state index is 13.2. The molecule has 2 aromatic heterocycles. The minimum Gasteiger partial charge on any atom is -0.481 e. The molecule has 0 unspecified atom stereocenters. The number of pyridine rings is 1. The number of carbonyl (C=O) groups is 1. The van der Waals surface area contributed by atoms with Crippen LogP contribution in [0.4, 0.5) is 4.39 Å². The highest BCUT2D eigenvalue weighted by Gasteiger charge is 2.20. The molecule has 0 spiro atoms. The zero-order valence-corrected chi connectivity index (χ0v) is 15.2. The second-order valence-electron chi connectivity index (χ2n) is 5.19. The van der Waals surface area contributed by atoms with E-state index in [1.165, 1.54) is 50.7 Å². The molecule has 0 fully saturated rings. The van der Waals surface area contributed by atoms with E-state index >= 15 is 0 Å². The number of methoxy groups -OCH3 is 2. The van der Waals surface area contributed by atoms with E-state index in [1.807, 2.05) is 0 Å². The molecule has 0 amide bonds. The summed E-state index contributed by atoms with van der Waals surface area (Å²) in [7, 11) is 2.90. The van der Waals surface area contributed by atoms with Gasteiger partial charge in [0.2, 0.25) is 16.9 Å². The number of halogens is 1. The van der Waals surface area contributed by atoms with Gasteiger partial charge in [-0.3, -0.25) is 0 Å². The Labute approximate surface area is 158 Å². The molecule has 27 heavy (non-hydrogen) atoms. The van der Waals surface area contributed by atoms with Crippen molar-refractivity contribution in [3.63, 3.8) is 0 Å². The topological polar surface area (TPSA) is 94.4 Å². The summed E-state index contributed by atoms with van der Waals surface area (Å²) in [5.74, 6) is -1.03. The van der Waals surface area contributed by atoms with Crippen molar-refractivity contribution in [2.45, 2.75) is 10.2 Å². The molecule has 1 aromatic carbocycles. The Morgan fingerprint density at radius 2 is 1.70 bits per heavy atom. The Hall–Kier alpha value is -3.20. The number of benzene rings is 1. The molecular weight excluding hydrogens is 373 g/mol. The number of nitrogens with zero attached hydrogens (tertiary/aromatic N) is 3. The van der Waals surface area contributed by atoms with Gasteiger partial charge in [0.25, 0.3) is 0 Å². The Morgan fingerprint density at radius 1 is 1.07 bits per heavy atom. The molecular formula is C18H14FN3O4S. The lowest BCUT2D eigenvalue weighted by atomic mass is 10.0. The zero-order valence-electron chi connectivity index (χ0n) is 14.3. The maximum Gasteiger partial charge on any atom is 0.339 e. The average molecular weight is 387 g/mol. The minimum atomic E-state index is -1.17. The van der Waals surface area contributed by atoms with Crippen LogP contribution in [0.15, 0.2) is 52.8 Å². The van der Waals surface area contributed by atoms with E-state index in [1.54, 1.807) is 6.07 Å². The van der Waals surface area contributed by atoms with E-state index in [9.17, 15) is 14.3 Å². The van der Waals surface area contributed by atoms with E-state index in [-0.39, 0.29) is 27.5 Å². The van der Waals surface area contributed by atoms with Crippen molar-refractivity contribution in [1.29, 1.82) is 0 Å². The summed E-state index contributed by atoms with van der Waals surface area (Å²) < 4.78 is 23.4. The second-order valence-corrected chi connectivity index (χ2v) is 6.14. The van der Waals surface area contributed by atoms with Crippen LogP contribution in [0.2, 0.25) is 0 Å². The fraction of sp³-hybridized carbons (Fsp3) is 0.111. The first kappa shape index (κ1) is 18.6. The van der Waals surface area contributed by atoms with E-state index in [0.29, 0.717) is 11.1 Å². The molecule has 0 atom stereocenters. The molecule has 0 aliphatic carbocycles. The lowest BCUT2D eigenvalue weighted by Gasteiger charge is -2.11. The molecule has 3 rings (SSSR count). The lowest BCUT2D eigenvalue weighted by Crippen LogP contribution is -2.05. The Balaban J connectivity index is 2.07. The van der Waals surface area contributed by atoms with E-state index in [0.717, 1.165) is 11.8 Å². The van der Waals surface area contributed by atoms with Crippen molar-refractivity contribution in [3.8, 4) is 22.9 Å². The molecule has 2 heterocycles. The van der Waals surface area contributed by atoms with Crippen molar-refractivity contribution in [1.82, 2.24) is 15.0 Å². The summed E-state index contributed by atoms with van der Waals surface area (Å²) in [5, 5.41) is 10.1. The van der Waals surface area contributed by atoms with Crippen LogP contribution in [-0.2, 0) is 0 Å². The normalized spacial score (nSPS) is 10.5. The number of aromatic nitrogens is 3. The van der Waals surface area contributed by atoms with Gasteiger partial charge in [0, 0.05) is 11.8 Å². The van der Waals surface area contributed by atoms with Gasteiger partial charge in [-0.1, -0.05) is 12.1 Å². The van der Waals surface area contributed by atoms with Crippen molar-refractivity contribution in [2.75, 3.05) is 14.2 Å². The average Bonchev–Trinajstić information content (AvgIpc) is 2.67. The van der Waals surface area contributed by atoms with Crippen molar-refractivity contribution >= 4 is 17.7 Å². The van der Waals surface area contributed by atoms with Crippen LogP contribution < -0.4 is 9.47 Å². The number of rotatable bonds is 6. The highest BCUT2D eigenvalue weighted by atomic mass is 32.2. The van der Waals surface area contributed by atoms with Gasteiger partial charge in [0.15, 0.2) is 0 Å². The summed E-state index contributed by atoms with van der Waals surface area (Å²) in [6, 6.07) is 8.63. The number of hydrogen-bond acceptors (Lipinski definition) is 7. The first-order valence-electron chi connectivity index (χ1n) is 7.65. The van der Waals surface area contributed by atoms with Gasteiger partial charge in [0.05, 0.1) is 25.8 Å². The molecule has 7 nitrogen and oxygen atoms in total.